The van der Waals surface area contributed by atoms with E-state index < -0.39 is 6.04 Å². The second-order valence-corrected chi connectivity index (χ2v) is 5.07. The Labute approximate surface area is 115 Å². The van der Waals surface area contributed by atoms with Gasteiger partial charge in [-0.1, -0.05) is 23.7 Å². The summed E-state index contributed by atoms with van der Waals surface area (Å²) in [5.74, 6) is -0.0672. The number of nitrogens with zero attached hydrogens (tertiary/aromatic N) is 1. The number of hydrogen-bond acceptors (Lipinski definition) is 2. The highest BCUT2D eigenvalue weighted by molar-refractivity contribution is 6.30. The van der Waals surface area contributed by atoms with Gasteiger partial charge in [0.05, 0.1) is 23.9 Å². The number of amides is 3. The van der Waals surface area contributed by atoms with E-state index in [1.54, 1.807) is 24.1 Å². The number of urea groups is 1. The summed E-state index contributed by atoms with van der Waals surface area (Å²) in [6.45, 7) is 0.436. The molecule has 98 valence electrons. The largest absolute Gasteiger partial charge is 0.336 e. The lowest BCUT2D eigenvalue weighted by atomic mass is 9.96. The molecule has 2 aliphatic heterocycles. The van der Waals surface area contributed by atoms with Crippen LogP contribution in [0.1, 0.15) is 11.6 Å². The van der Waals surface area contributed by atoms with Crippen LogP contribution in [0.3, 0.4) is 0 Å². The molecule has 1 atom stereocenters. The average molecular weight is 278 g/mol. The molecule has 0 fully saturated rings. The molecule has 0 saturated carbocycles. The van der Waals surface area contributed by atoms with Crippen molar-refractivity contribution in [2.24, 2.45) is 0 Å². The second kappa shape index (κ2) is 4.28. The highest BCUT2D eigenvalue weighted by Crippen LogP contribution is 2.32. The summed E-state index contributed by atoms with van der Waals surface area (Å²) < 4.78 is 0. The van der Waals surface area contributed by atoms with Crippen molar-refractivity contribution in [2.75, 3.05) is 13.6 Å². The maximum Gasteiger partial charge on any atom is 0.319 e. The Morgan fingerprint density at radius 1 is 1.26 bits per heavy atom. The lowest BCUT2D eigenvalue weighted by Gasteiger charge is -2.25. The van der Waals surface area contributed by atoms with Crippen molar-refractivity contribution in [2.45, 2.75) is 6.04 Å². The Hall–Kier alpha value is -2.01. The fraction of sp³-hybridized carbons (Fsp3) is 0.231. The maximum absolute atomic E-state index is 12.1. The number of nitrogens with one attached hydrogen (secondary N) is 2. The Bertz CT molecular complexity index is 594. The lowest BCUT2D eigenvalue weighted by Crippen LogP contribution is -2.44. The molecule has 19 heavy (non-hydrogen) atoms. The van der Waals surface area contributed by atoms with Gasteiger partial charge < -0.3 is 15.5 Å². The fourth-order valence-corrected chi connectivity index (χ4v) is 2.54. The van der Waals surface area contributed by atoms with Crippen molar-refractivity contribution in [3.8, 4) is 0 Å². The van der Waals surface area contributed by atoms with E-state index in [1.807, 2.05) is 12.1 Å². The molecule has 0 spiro atoms. The molecule has 0 aromatic heterocycles. The minimum absolute atomic E-state index is 0.0672. The van der Waals surface area contributed by atoms with Crippen molar-refractivity contribution < 1.29 is 9.59 Å². The van der Waals surface area contributed by atoms with E-state index in [1.165, 1.54) is 0 Å². The summed E-state index contributed by atoms with van der Waals surface area (Å²) in [4.78, 5) is 25.4. The molecule has 2 aliphatic rings. The SMILES string of the molecule is CN1CC2=C(C1=O)C(c1ccc(Cl)cc1)NC(=O)N2. The van der Waals surface area contributed by atoms with Gasteiger partial charge in [0.1, 0.15) is 0 Å². The molecule has 2 heterocycles. The third-order valence-electron chi connectivity index (χ3n) is 3.33. The molecule has 3 rings (SSSR count). The van der Waals surface area contributed by atoms with Crippen molar-refractivity contribution in [1.29, 1.82) is 0 Å². The van der Waals surface area contributed by atoms with Crippen LogP contribution in [-0.2, 0) is 4.79 Å². The number of hydrogen-bond donors (Lipinski definition) is 2. The molecule has 1 unspecified atom stereocenters. The quantitative estimate of drug-likeness (QED) is 0.815. The first-order chi connectivity index (χ1) is 9.06. The van der Waals surface area contributed by atoms with E-state index in [4.69, 9.17) is 11.6 Å². The third kappa shape index (κ3) is 1.96. The molecule has 0 radical (unpaired) electrons. The van der Waals surface area contributed by atoms with Gasteiger partial charge in [-0.05, 0) is 17.7 Å². The smallest absolute Gasteiger partial charge is 0.319 e. The van der Waals surface area contributed by atoms with Crippen LogP contribution in [0.2, 0.25) is 5.02 Å². The van der Waals surface area contributed by atoms with Crippen LogP contribution in [0.25, 0.3) is 0 Å². The molecule has 0 saturated heterocycles. The first-order valence-corrected chi connectivity index (χ1v) is 6.25. The zero-order valence-corrected chi connectivity index (χ0v) is 11.0. The molecule has 3 amide bonds. The zero-order valence-electron chi connectivity index (χ0n) is 10.2. The first kappa shape index (κ1) is 12.0. The first-order valence-electron chi connectivity index (χ1n) is 5.88. The van der Waals surface area contributed by atoms with E-state index in [-0.39, 0.29) is 11.9 Å². The fourth-order valence-electron chi connectivity index (χ4n) is 2.42. The number of halogens is 1. The van der Waals surface area contributed by atoms with Crippen molar-refractivity contribution in [1.82, 2.24) is 15.5 Å². The van der Waals surface area contributed by atoms with Gasteiger partial charge in [0, 0.05) is 12.1 Å². The Morgan fingerprint density at radius 3 is 2.63 bits per heavy atom. The third-order valence-corrected chi connectivity index (χ3v) is 3.58. The van der Waals surface area contributed by atoms with E-state index in [0.29, 0.717) is 22.8 Å². The standard InChI is InChI=1S/C13H12ClN3O2/c1-17-6-9-10(12(17)18)11(16-13(19)15-9)7-2-4-8(14)5-3-7/h2-5,11H,6H2,1H3,(H2,15,16,19). The highest BCUT2D eigenvalue weighted by atomic mass is 35.5. The van der Waals surface area contributed by atoms with E-state index in [9.17, 15) is 9.59 Å². The van der Waals surface area contributed by atoms with E-state index in [2.05, 4.69) is 10.6 Å². The monoisotopic (exact) mass is 277 g/mol. The van der Waals surface area contributed by atoms with Gasteiger partial charge in [-0.15, -0.1) is 0 Å². The zero-order chi connectivity index (χ0) is 13.6. The summed E-state index contributed by atoms with van der Waals surface area (Å²) >= 11 is 5.86. The predicted octanol–water partition coefficient (Wildman–Crippen LogP) is 1.42. The summed E-state index contributed by atoms with van der Waals surface area (Å²) in [5, 5.41) is 6.09. The molecular formula is C13H12ClN3O2. The van der Waals surface area contributed by atoms with Gasteiger partial charge in [0.15, 0.2) is 0 Å². The molecule has 2 N–H and O–H groups in total. The van der Waals surface area contributed by atoms with Crippen LogP contribution < -0.4 is 10.6 Å². The van der Waals surface area contributed by atoms with Crippen LogP contribution in [0.5, 0.6) is 0 Å². The van der Waals surface area contributed by atoms with Crippen LogP contribution >= 0.6 is 11.6 Å². The van der Waals surface area contributed by atoms with Gasteiger partial charge in [-0.25, -0.2) is 4.79 Å². The molecule has 5 nitrogen and oxygen atoms in total. The van der Waals surface area contributed by atoms with Crippen LogP contribution in [0, 0.1) is 0 Å². The Kier molecular flexibility index (Phi) is 2.71. The summed E-state index contributed by atoms with van der Waals surface area (Å²) in [5.41, 5.74) is 2.12. The molecule has 1 aromatic carbocycles. The number of benzene rings is 1. The molecule has 6 heteroatoms. The summed E-state index contributed by atoms with van der Waals surface area (Å²) in [6.07, 6.45) is 0. The Morgan fingerprint density at radius 2 is 1.95 bits per heavy atom. The number of carbonyl (C=O) groups excluding carboxylic acids is 2. The highest BCUT2D eigenvalue weighted by Gasteiger charge is 2.38. The van der Waals surface area contributed by atoms with Gasteiger partial charge >= 0.3 is 6.03 Å². The Balaban J connectivity index is 2.04. The van der Waals surface area contributed by atoms with Crippen LogP contribution in [0.15, 0.2) is 35.5 Å². The molecule has 0 aliphatic carbocycles. The number of carbonyl (C=O) groups is 2. The summed E-state index contributed by atoms with van der Waals surface area (Å²) in [6, 6.07) is 6.41. The molecular weight excluding hydrogens is 266 g/mol. The minimum atomic E-state index is -0.418. The predicted molar refractivity (Wildman–Crippen MR) is 70.5 cm³/mol. The van der Waals surface area contributed by atoms with Crippen molar-refractivity contribution in [3.05, 3.63) is 46.1 Å². The second-order valence-electron chi connectivity index (χ2n) is 4.64. The van der Waals surface area contributed by atoms with Crippen molar-refractivity contribution >= 4 is 23.5 Å². The topological polar surface area (TPSA) is 61.4 Å². The van der Waals surface area contributed by atoms with Crippen LogP contribution in [0.4, 0.5) is 4.79 Å². The van der Waals surface area contributed by atoms with Crippen molar-refractivity contribution in [3.63, 3.8) is 0 Å². The van der Waals surface area contributed by atoms with E-state index in [0.717, 1.165) is 5.56 Å². The van der Waals surface area contributed by atoms with Gasteiger partial charge in [0.2, 0.25) is 0 Å². The van der Waals surface area contributed by atoms with Gasteiger partial charge in [-0.2, -0.15) is 0 Å². The molecule has 0 bridgehead atoms. The lowest BCUT2D eigenvalue weighted by molar-refractivity contribution is -0.124. The van der Waals surface area contributed by atoms with Crippen LogP contribution in [-0.4, -0.2) is 30.4 Å². The normalized spacial score (nSPS) is 22.2. The maximum atomic E-state index is 12.1. The minimum Gasteiger partial charge on any atom is -0.336 e. The van der Waals surface area contributed by atoms with Gasteiger partial charge in [-0.3, -0.25) is 4.79 Å². The molecule has 1 aromatic rings. The summed E-state index contributed by atoms with van der Waals surface area (Å²) in [7, 11) is 1.71. The van der Waals surface area contributed by atoms with E-state index >= 15 is 0 Å². The average Bonchev–Trinajstić information content (AvgIpc) is 2.65. The number of rotatable bonds is 1. The number of likely N-dealkylation sites (N-methyl/N-ethyl adjacent to an activating group) is 1. The van der Waals surface area contributed by atoms with Gasteiger partial charge in [0.25, 0.3) is 5.91 Å².